The normalized spacial score (nSPS) is 15.8. The van der Waals surface area contributed by atoms with Crippen molar-refractivity contribution in [3.63, 3.8) is 0 Å². The third-order valence-electron chi connectivity index (χ3n) is 9.17. The SMILES string of the molecule is CC.CC.Cc1conc1CN(C)C[C@H](C)Oc1c(-c2ccc3c(c2)c(C#CS(C(C)C)(C(C)C)C(C)C)nn3C2CCCCO2)cnn1C. The molecule has 0 amide bonds. The van der Waals surface area contributed by atoms with Gasteiger partial charge in [-0.25, -0.2) is 9.36 Å². The Bertz CT molecular complexity index is 1660. The van der Waals surface area contributed by atoms with E-state index in [1.807, 2.05) is 52.5 Å². The van der Waals surface area contributed by atoms with Crippen LogP contribution in [0.1, 0.15) is 119 Å². The Morgan fingerprint density at radius 3 is 2.28 bits per heavy atom. The summed E-state index contributed by atoms with van der Waals surface area (Å²) >= 11 is 0. The first-order chi connectivity index (χ1) is 23.9. The molecule has 10 heteroatoms. The number of hydrogen-bond donors (Lipinski definition) is 0. The van der Waals surface area contributed by atoms with Crippen molar-refractivity contribution in [1.82, 2.24) is 29.6 Å². The fraction of sp³-hybridized carbons (Fsp3) is 0.625. The van der Waals surface area contributed by atoms with Gasteiger partial charge in [-0.05, 0) is 84.8 Å². The molecule has 9 nitrogen and oxygen atoms in total. The molecule has 0 N–H and O–H groups in total. The molecule has 278 valence electrons. The predicted molar refractivity (Wildman–Crippen MR) is 211 cm³/mol. The third kappa shape index (κ3) is 9.15. The van der Waals surface area contributed by atoms with Crippen LogP contribution >= 0.6 is 10.0 Å². The van der Waals surface area contributed by atoms with E-state index in [0.717, 1.165) is 77.3 Å². The van der Waals surface area contributed by atoms with E-state index in [1.54, 1.807) is 6.26 Å². The highest BCUT2D eigenvalue weighted by atomic mass is 32.3. The number of aromatic nitrogens is 5. The number of likely N-dealkylation sites (N-methyl/N-ethyl adjacent to an activating group) is 1. The van der Waals surface area contributed by atoms with Crippen LogP contribution in [0.2, 0.25) is 0 Å². The lowest BCUT2D eigenvalue weighted by Crippen LogP contribution is -2.31. The molecule has 1 aliphatic rings. The van der Waals surface area contributed by atoms with Crippen LogP contribution in [0, 0.1) is 18.1 Å². The lowest BCUT2D eigenvalue weighted by molar-refractivity contribution is -0.0367. The highest BCUT2D eigenvalue weighted by molar-refractivity contribution is 8.38. The van der Waals surface area contributed by atoms with Crippen molar-refractivity contribution >= 4 is 20.9 Å². The molecule has 1 saturated heterocycles. The van der Waals surface area contributed by atoms with E-state index < -0.39 is 10.0 Å². The van der Waals surface area contributed by atoms with E-state index in [2.05, 4.69) is 105 Å². The molecule has 1 aliphatic heterocycles. The average molecular weight is 709 g/mol. The van der Waals surface area contributed by atoms with Crippen molar-refractivity contribution in [3.05, 3.63) is 47.6 Å². The van der Waals surface area contributed by atoms with Gasteiger partial charge in [-0.3, -0.25) is 4.90 Å². The van der Waals surface area contributed by atoms with Gasteiger partial charge in [0, 0.05) is 37.7 Å². The second-order valence-electron chi connectivity index (χ2n) is 13.5. The van der Waals surface area contributed by atoms with Gasteiger partial charge in [0.1, 0.15) is 23.8 Å². The highest BCUT2D eigenvalue weighted by Crippen LogP contribution is 2.59. The van der Waals surface area contributed by atoms with Gasteiger partial charge in [0.05, 0.1) is 17.3 Å². The van der Waals surface area contributed by atoms with Crippen LogP contribution in [0.4, 0.5) is 0 Å². The maximum atomic E-state index is 6.55. The maximum Gasteiger partial charge on any atom is 0.219 e. The first-order valence-electron chi connectivity index (χ1n) is 18.7. The van der Waals surface area contributed by atoms with Crippen LogP contribution in [-0.4, -0.2) is 71.7 Å². The van der Waals surface area contributed by atoms with Crippen molar-refractivity contribution in [2.45, 2.75) is 137 Å². The molecular weight excluding hydrogens is 645 g/mol. The third-order valence-corrected chi connectivity index (χ3v) is 14.3. The van der Waals surface area contributed by atoms with E-state index in [4.69, 9.17) is 19.1 Å². The number of rotatable bonds is 11. The minimum Gasteiger partial charge on any atom is -0.473 e. The van der Waals surface area contributed by atoms with E-state index in [9.17, 15) is 0 Å². The molecule has 1 aromatic carbocycles. The molecule has 0 aliphatic carbocycles. The Morgan fingerprint density at radius 1 is 1.02 bits per heavy atom. The first kappa shape index (κ1) is 41.2. The maximum absolute atomic E-state index is 6.55. The van der Waals surface area contributed by atoms with Crippen LogP contribution in [-0.2, 0) is 18.3 Å². The first-order valence-corrected chi connectivity index (χ1v) is 20.5. The van der Waals surface area contributed by atoms with Gasteiger partial charge in [0.15, 0.2) is 6.23 Å². The summed E-state index contributed by atoms with van der Waals surface area (Å²) in [5.41, 5.74) is 5.82. The lowest BCUT2D eigenvalue weighted by atomic mass is 10.1. The zero-order valence-corrected chi connectivity index (χ0v) is 34.1. The summed E-state index contributed by atoms with van der Waals surface area (Å²) in [7, 11) is 2.77. The van der Waals surface area contributed by atoms with Crippen molar-refractivity contribution in [2.24, 2.45) is 7.05 Å². The van der Waals surface area contributed by atoms with Gasteiger partial charge in [-0.1, -0.05) is 80.5 Å². The summed E-state index contributed by atoms with van der Waals surface area (Å²) in [6.45, 7) is 28.2. The number of ether oxygens (including phenoxy) is 2. The summed E-state index contributed by atoms with van der Waals surface area (Å²) in [5, 5.41) is 20.2. The van der Waals surface area contributed by atoms with Crippen LogP contribution in [0.25, 0.3) is 22.0 Å². The largest absolute Gasteiger partial charge is 0.473 e. The monoisotopic (exact) mass is 708 g/mol. The Labute approximate surface area is 303 Å². The number of nitrogens with zero attached hydrogens (tertiary/aromatic N) is 6. The predicted octanol–water partition coefficient (Wildman–Crippen LogP) is 9.72. The van der Waals surface area contributed by atoms with Crippen LogP contribution < -0.4 is 4.74 Å². The molecule has 1 fully saturated rings. The summed E-state index contributed by atoms with van der Waals surface area (Å²) in [6.07, 6.45) is 6.58. The second-order valence-corrected chi connectivity index (χ2v) is 18.1. The minimum atomic E-state index is -1.23. The molecule has 0 spiro atoms. The molecule has 2 atom stereocenters. The van der Waals surface area contributed by atoms with Gasteiger partial charge >= 0.3 is 0 Å². The van der Waals surface area contributed by atoms with Crippen molar-refractivity contribution in [1.29, 1.82) is 0 Å². The Kier molecular flexibility index (Phi) is 15.5. The molecule has 0 saturated carbocycles. The lowest BCUT2D eigenvalue weighted by Gasteiger charge is -2.46. The molecule has 3 aromatic heterocycles. The van der Waals surface area contributed by atoms with Crippen molar-refractivity contribution in [2.75, 3.05) is 20.2 Å². The van der Waals surface area contributed by atoms with Crippen molar-refractivity contribution in [3.8, 4) is 28.2 Å². The smallest absolute Gasteiger partial charge is 0.219 e. The second kappa shape index (κ2) is 18.8. The topological polar surface area (TPSA) is 83.4 Å². The molecule has 1 unspecified atom stereocenters. The van der Waals surface area contributed by atoms with Crippen molar-refractivity contribution < 1.29 is 14.0 Å². The fourth-order valence-corrected chi connectivity index (χ4v) is 11.1. The number of hydrogen-bond acceptors (Lipinski definition) is 7. The zero-order chi connectivity index (χ0) is 37.2. The van der Waals surface area contributed by atoms with E-state index in [-0.39, 0.29) is 12.3 Å². The average Bonchev–Trinajstić information content (AvgIpc) is 3.79. The summed E-state index contributed by atoms with van der Waals surface area (Å²) in [5.74, 6) is 4.37. The van der Waals surface area contributed by atoms with Gasteiger partial charge in [0.25, 0.3) is 0 Å². The number of benzene rings is 1. The summed E-state index contributed by atoms with van der Waals surface area (Å²) in [4.78, 5) is 2.19. The summed E-state index contributed by atoms with van der Waals surface area (Å²) in [6, 6.07) is 6.50. The number of fused-ring (bicyclic) bond motifs is 1. The fourth-order valence-electron chi connectivity index (χ4n) is 6.87. The van der Waals surface area contributed by atoms with Crippen LogP contribution in [0.3, 0.4) is 0 Å². The Hall–Kier alpha value is -3.26. The standard InChI is InChI=1S/C36H52N6O3S.2C2H6/c1-24(2)46(25(3)4,26(5)6)18-16-32-30-19-29(14-15-34(30)42(38-32)35-13-11-12-17-43-35)31-20-37-41(10)36(31)45-28(8)21-40(9)22-33-27(7)23-44-39-33;2*1-2/h14-15,19-20,23-26,28,35H,11-13,17,21-22H2,1-10H3;2*1-2H3/t28-,35?;;/m0../s1. The number of aryl methyl sites for hydroxylation is 2. The van der Waals surface area contributed by atoms with Gasteiger partial charge in [-0.2, -0.15) is 20.2 Å². The Morgan fingerprint density at radius 2 is 1.70 bits per heavy atom. The van der Waals surface area contributed by atoms with E-state index in [0.29, 0.717) is 22.3 Å². The van der Waals surface area contributed by atoms with Crippen LogP contribution in [0.5, 0.6) is 5.88 Å². The van der Waals surface area contributed by atoms with Gasteiger partial charge in [-0.15, -0.1) is 0 Å². The van der Waals surface area contributed by atoms with Gasteiger partial charge in [0.2, 0.25) is 5.88 Å². The highest BCUT2D eigenvalue weighted by Gasteiger charge is 2.33. The molecule has 0 bridgehead atoms. The Balaban J connectivity index is 0.00000163. The molecule has 4 aromatic rings. The quantitative estimate of drug-likeness (QED) is 0.144. The molecule has 0 radical (unpaired) electrons. The van der Waals surface area contributed by atoms with Gasteiger partial charge < -0.3 is 14.0 Å². The summed E-state index contributed by atoms with van der Waals surface area (Å²) < 4.78 is 21.8. The molecule has 50 heavy (non-hydrogen) atoms. The molecule has 5 rings (SSSR count). The zero-order valence-electron chi connectivity index (χ0n) is 33.3. The van der Waals surface area contributed by atoms with E-state index in [1.165, 1.54) is 0 Å². The molecule has 4 heterocycles. The van der Waals surface area contributed by atoms with Crippen LogP contribution in [0.15, 0.2) is 35.2 Å². The molecular formula is C40H64N6O3S. The van der Waals surface area contributed by atoms with E-state index >= 15 is 0 Å². The minimum absolute atomic E-state index is 0.0776.